The van der Waals surface area contributed by atoms with E-state index in [9.17, 15) is 17.2 Å². The molecule has 0 fully saturated rings. The lowest BCUT2D eigenvalue weighted by molar-refractivity contribution is 0.153. The molecule has 8 heteroatoms. The minimum Gasteiger partial charge on any atom is -0.506 e. The van der Waals surface area contributed by atoms with Gasteiger partial charge in [0.05, 0.1) is 17.1 Å². The minimum atomic E-state index is -4.02. The molecular formula is C8H10F2N2O3S. The summed E-state index contributed by atoms with van der Waals surface area (Å²) in [6, 6.07) is 3.13. The topological polar surface area (TPSA) is 92.4 Å². The highest BCUT2D eigenvalue weighted by molar-refractivity contribution is 7.89. The number of nitrogen functional groups attached to an aromatic ring is 1. The quantitative estimate of drug-likeness (QED) is 0.538. The zero-order chi connectivity index (χ0) is 12.3. The molecule has 1 rings (SSSR count). The summed E-state index contributed by atoms with van der Waals surface area (Å²) in [7, 11) is -4.02. The maximum Gasteiger partial charge on any atom is 0.251 e. The number of rotatable bonds is 4. The third-order valence-corrected chi connectivity index (χ3v) is 3.16. The Morgan fingerprint density at radius 2 is 2.06 bits per heavy atom. The van der Waals surface area contributed by atoms with E-state index < -0.39 is 23.0 Å². The van der Waals surface area contributed by atoms with E-state index in [-0.39, 0.29) is 16.3 Å². The van der Waals surface area contributed by atoms with Crippen molar-refractivity contribution in [3.8, 4) is 5.75 Å². The zero-order valence-corrected chi connectivity index (χ0v) is 8.84. The van der Waals surface area contributed by atoms with Crippen molar-refractivity contribution < 1.29 is 22.3 Å². The third kappa shape index (κ3) is 3.04. The Morgan fingerprint density at radius 3 is 2.56 bits per heavy atom. The van der Waals surface area contributed by atoms with E-state index in [1.54, 1.807) is 4.72 Å². The molecule has 0 aromatic heterocycles. The molecule has 1 aromatic rings. The number of sulfonamides is 1. The second kappa shape index (κ2) is 4.62. The number of nitrogens with one attached hydrogen (secondary N) is 1. The molecular weight excluding hydrogens is 242 g/mol. The van der Waals surface area contributed by atoms with Gasteiger partial charge in [0, 0.05) is 0 Å². The Bertz CT molecular complexity index is 476. The molecule has 0 saturated carbocycles. The highest BCUT2D eigenvalue weighted by atomic mass is 32.2. The first kappa shape index (κ1) is 12.7. The molecule has 0 radical (unpaired) electrons. The molecule has 90 valence electrons. The van der Waals surface area contributed by atoms with Gasteiger partial charge < -0.3 is 10.8 Å². The lowest BCUT2D eigenvalue weighted by atomic mass is 10.3. The number of phenolic OH excluding ortho intramolecular Hbond substituents is 1. The average molecular weight is 252 g/mol. The summed E-state index contributed by atoms with van der Waals surface area (Å²) in [6.07, 6.45) is -2.77. The van der Waals surface area contributed by atoms with Gasteiger partial charge in [-0.2, -0.15) is 0 Å². The number of alkyl halides is 2. The maximum atomic E-state index is 11.8. The first-order chi connectivity index (χ1) is 7.33. The van der Waals surface area contributed by atoms with Crippen LogP contribution in [0.1, 0.15) is 0 Å². The van der Waals surface area contributed by atoms with Crippen LogP contribution < -0.4 is 10.5 Å². The Hall–Kier alpha value is -1.41. The SMILES string of the molecule is Nc1cc(S(=O)(=O)NCC(F)F)ccc1O. The summed E-state index contributed by atoms with van der Waals surface area (Å²) in [4.78, 5) is -0.275. The highest BCUT2D eigenvalue weighted by Crippen LogP contribution is 2.22. The van der Waals surface area contributed by atoms with Gasteiger partial charge in [-0.3, -0.25) is 0 Å². The van der Waals surface area contributed by atoms with Gasteiger partial charge in [-0.15, -0.1) is 0 Å². The van der Waals surface area contributed by atoms with Crippen LogP contribution in [0, 0.1) is 0 Å². The second-order valence-electron chi connectivity index (χ2n) is 2.96. The van der Waals surface area contributed by atoms with Gasteiger partial charge in [0.1, 0.15) is 5.75 Å². The molecule has 0 heterocycles. The fraction of sp³-hybridized carbons (Fsp3) is 0.250. The number of hydrogen-bond acceptors (Lipinski definition) is 4. The van der Waals surface area contributed by atoms with Crippen molar-refractivity contribution in [3.05, 3.63) is 18.2 Å². The number of anilines is 1. The summed E-state index contributed by atoms with van der Waals surface area (Å²) in [5.74, 6) is -0.271. The Labute approximate surface area is 90.9 Å². The van der Waals surface area contributed by atoms with Crippen LogP contribution in [0.25, 0.3) is 0 Å². The van der Waals surface area contributed by atoms with Gasteiger partial charge >= 0.3 is 0 Å². The lowest BCUT2D eigenvalue weighted by Crippen LogP contribution is -2.28. The van der Waals surface area contributed by atoms with Gasteiger partial charge in [0.15, 0.2) is 0 Å². The molecule has 0 bridgehead atoms. The van der Waals surface area contributed by atoms with Gasteiger partial charge in [0.25, 0.3) is 6.43 Å². The van der Waals surface area contributed by atoms with Crippen LogP contribution in [0.15, 0.2) is 23.1 Å². The minimum absolute atomic E-state index is 0.139. The van der Waals surface area contributed by atoms with Crippen LogP contribution in [-0.2, 0) is 10.0 Å². The molecule has 5 nitrogen and oxygen atoms in total. The van der Waals surface area contributed by atoms with E-state index in [1.165, 1.54) is 0 Å². The predicted octanol–water partition coefficient (Wildman–Crippen LogP) is 0.518. The largest absolute Gasteiger partial charge is 0.506 e. The molecule has 0 aliphatic heterocycles. The predicted molar refractivity (Wildman–Crippen MR) is 53.7 cm³/mol. The van der Waals surface area contributed by atoms with E-state index >= 15 is 0 Å². The van der Waals surface area contributed by atoms with Gasteiger partial charge in [-0.25, -0.2) is 21.9 Å². The van der Waals surface area contributed by atoms with Crippen molar-refractivity contribution in [2.24, 2.45) is 0 Å². The number of halogens is 2. The number of phenols is 1. The van der Waals surface area contributed by atoms with Crippen molar-refractivity contribution in [2.75, 3.05) is 12.3 Å². The van der Waals surface area contributed by atoms with Crippen molar-refractivity contribution in [1.82, 2.24) is 4.72 Å². The van der Waals surface area contributed by atoms with Crippen molar-refractivity contribution in [2.45, 2.75) is 11.3 Å². The van der Waals surface area contributed by atoms with Crippen LogP contribution in [0.4, 0.5) is 14.5 Å². The van der Waals surface area contributed by atoms with Crippen LogP contribution in [-0.4, -0.2) is 26.5 Å². The number of benzene rings is 1. The molecule has 0 aliphatic carbocycles. The zero-order valence-electron chi connectivity index (χ0n) is 8.02. The Kier molecular flexibility index (Phi) is 3.66. The van der Waals surface area contributed by atoms with Crippen LogP contribution in [0.3, 0.4) is 0 Å². The smallest absolute Gasteiger partial charge is 0.251 e. The number of aromatic hydroxyl groups is 1. The van der Waals surface area contributed by atoms with Gasteiger partial charge in [-0.05, 0) is 18.2 Å². The molecule has 0 amide bonds. The summed E-state index contributed by atoms with van der Waals surface area (Å²) >= 11 is 0. The molecule has 0 spiro atoms. The molecule has 0 atom stereocenters. The Balaban J connectivity index is 2.94. The highest BCUT2D eigenvalue weighted by Gasteiger charge is 2.17. The van der Waals surface area contributed by atoms with E-state index in [2.05, 4.69) is 0 Å². The second-order valence-corrected chi connectivity index (χ2v) is 4.73. The molecule has 0 aliphatic rings. The van der Waals surface area contributed by atoms with E-state index in [4.69, 9.17) is 10.8 Å². The van der Waals surface area contributed by atoms with Crippen molar-refractivity contribution in [1.29, 1.82) is 0 Å². The van der Waals surface area contributed by atoms with Crippen LogP contribution in [0.5, 0.6) is 5.75 Å². The van der Waals surface area contributed by atoms with Crippen LogP contribution >= 0.6 is 0 Å². The number of hydrogen-bond donors (Lipinski definition) is 3. The Morgan fingerprint density at radius 1 is 1.44 bits per heavy atom. The molecule has 1 aromatic carbocycles. The maximum absolute atomic E-state index is 11.8. The van der Waals surface area contributed by atoms with Crippen molar-refractivity contribution in [3.63, 3.8) is 0 Å². The summed E-state index contributed by atoms with van der Waals surface area (Å²) in [6.45, 7) is -0.969. The molecule has 0 unspecified atom stereocenters. The fourth-order valence-corrected chi connectivity index (χ4v) is 2.00. The normalized spacial score (nSPS) is 11.9. The fourth-order valence-electron chi connectivity index (χ4n) is 0.956. The van der Waals surface area contributed by atoms with Crippen LogP contribution in [0.2, 0.25) is 0 Å². The van der Waals surface area contributed by atoms with E-state index in [0.717, 1.165) is 18.2 Å². The third-order valence-electron chi connectivity index (χ3n) is 1.74. The first-order valence-electron chi connectivity index (χ1n) is 4.19. The van der Waals surface area contributed by atoms with Gasteiger partial charge in [0.2, 0.25) is 10.0 Å². The summed E-state index contributed by atoms with van der Waals surface area (Å²) in [5, 5.41) is 9.07. The monoisotopic (exact) mass is 252 g/mol. The van der Waals surface area contributed by atoms with E-state index in [1.807, 2.05) is 0 Å². The first-order valence-corrected chi connectivity index (χ1v) is 5.67. The van der Waals surface area contributed by atoms with E-state index in [0.29, 0.717) is 0 Å². The summed E-state index contributed by atoms with van der Waals surface area (Å²) in [5.41, 5.74) is 5.14. The molecule has 0 saturated heterocycles. The number of nitrogens with two attached hydrogens (primary N) is 1. The molecule has 4 N–H and O–H groups in total. The average Bonchev–Trinajstić information content (AvgIpc) is 2.19. The lowest BCUT2D eigenvalue weighted by Gasteiger charge is -2.07. The van der Waals surface area contributed by atoms with Gasteiger partial charge in [-0.1, -0.05) is 0 Å². The standard InChI is InChI=1S/C8H10F2N2O3S/c9-8(10)4-12-16(14,15)5-1-2-7(13)6(11)3-5/h1-3,8,12-13H,4,11H2. The molecule has 16 heavy (non-hydrogen) atoms. The van der Waals surface area contributed by atoms with Crippen molar-refractivity contribution >= 4 is 15.7 Å². The summed E-state index contributed by atoms with van der Waals surface area (Å²) < 4.78 is 48.2.